The fourth-order valence-corrected chi connectivity index (χ4v) is 4.42. The molecule has 0 aliphatic carbocycles. The summed E-state index contributed by atoms with van der Waals surface area (Å²) in [6, 6.07) is 45.4. The summed E-state index contributed by atoms with van der Waals surface area (Å²) in [6.07, 6.45) is 3.39. The van der Waals surface area contributed by atoms with Gasteiger partial charge in [-0.1, -0.05) is 97.1 Å². The number of nitrogens with zero attached hydrogens (tertiary/aromatic N) is 1. The van der Waals surface area contributed by atoms with Gasteiger partial charge in [0.1, 0.15) is 5.75 Å². The molecule has 0 atom stereocenters. The van der Waals surface area contributed by atoms with Crippen molar-refractivity contribution in [2.75, 3.05) is 4.90 Å². The van der Waals surface area contributed by atoms with Crippen LogP contribution in [0.5, 0.6) is 5.75 Å². The fraction of sp³-hybridized carbons (Fsp3) is 0.0278. The summed E-state index contributed by atoms with van der Waals surface area (Å²) in [5.41, 5.74) is 8.83. The number of carbonyl (C=O) groups excluding carboxylic acids is 1. The van der Waals surface area contributed by atoms with Crippen molar-refractivity contribution in [1.29, 1.82) is 0 Å². The van der Waals surface area contributed by atoms with Crippen molar-refractivity contribution in [3.8, 4) is 5.75 Å². The van der Waals surface area contributed by atoms with Crippen LogP contribution in [0, 0.1) is 6.92 Å². The summed E-state index contributed by atoms with van der Waals surface area (Å²) < 4.78 is 5.27. The number of hydrogen-bond donors (Lipinski definition) is 0. The van der Waals surface area contributed by atoms with Gasteiger partial charge in [0.25, 0.3) is 0 Å². The second-order valence-electron chi connectivity index (χ2n) is 9.17. The van der Waals surface area contributed by atoms with Crippen LogP contribution >= 0.6 is 0 Å². The molecule has 190 valence electrons. The van der Waals surface area contributed by atoms with Crippen LogP contribution in [0.1, 0.15) is 22.3 Å². The van der Waals surface area contributed by atoms with E-state index < -0.39 is 5.97 Å². The zero-order valence-corrected chi connectivity index (χ0v) is 21.8. The van der Waals surface area contributed by atoms with Crippen LogP contribution < -0.4 is 9.64 Å². The van der Waals surface area contributed by atoms with E-state index in [-0.39, 0.29) is 0 Å². The van der Waals surface area contributed by atoms with Gasteiger partial charge in [0.2, 0.25) is 0 Å². The second-order valence-corrected chi connectivity index (χ2v) is 9.17. The molecule has 0 aromatic heterocycles. The lowest BCUT2D eigenvalue weighted by Crippen LogP contribution is -2.10. The normalized spacial score (nSPS) is 10.4. The average Bonchev–Trinajstić information content (AvgIpc) is 2.99. The minimum atomic E-state index is -0.479. The molecule has 0 spiro atoms. The SMILES string of the molecule is C=CC(=O)Oc1ccc(N(c2ccc(C)cc2)c2ccc(C=C(c3ccccc3)c3ccccc3)cc2)cc1. The van der Waals surface area contributed by atoms with Crippen LogP contribution in [0.3, 0.4) is 0 Å². The fourth-order valence-electron chi connectivity index (χ4n) is 4.42. The van der Waals surface area contributed by atoms with Crippen molar-refractivity contribution in [2.45, 2.75) is 6.92 Å². The quantitative estimate of drug-likeness (QED) is 0.0907. The summed E-state index contributed by atoms with van der Waals surface area (Å²) in [5.74, 6) is -0.00509. The Labute approximate surface area is 230 Å². The molecule has 3 nitrogen and oxygen atoms in total. The third-order valence-electron chi connectivity index (χ3n) is 6.40. The first kappa shape index (κ1) is 25.5. The third-order valence-corrected chi connectivity index (χ3v) is 6.40. The van der Waals surface area contributed by atoms with E-state index in [4.69, 9.17) is 4.74 Å². The number of benzene rings is 5. The first-order valence-electron chi connectivity index (χ1n) is 12.8. The molecule has 0 radical (unpaired) electrons. The van der Waals surface area contributed by atoms with Gasteiger partial charge in [-0.3, -0.25) is 0 Å². The Hall–Kier alpha value is -5.15. The van der Waals surface area contributed by atoms with Gasteiger partial charge in [-0.05, 0) is 83.8 Å². The summed E-state index contributed by atoms with van der Waals surface area (Å²) in [6.45, 7) is 5.54. The van der Waals surface area contributed by atoms with E-state index in [9.17, 15) is 4.79 Å². The molecule has 0 amide bonds. The largest absolute Gasteiger partial charge is 0.423 e. The van der Waals surface area contributed by atoms with Crippen LogP contribution in [0.15, 0.2) is 146 Å². The minimum absolute atomic E-state index is 0.474. The molecular formula is C36H29NO2. The topological polar surface area (TPSA) is 29.5 Å². The van der Waals surface area contributed by atoms with Crippen molar-refractivity contribution in [1.82, 2.24) is 0 Å². The predicted octanol–water partition coefficient (Wildman–Crippen LogP) is 9.15. The maximum Gasteiger partial charge on any atom is 0.335 e. The predicted molar refractivity (Wildman–Crippen MR) is 162 cm³/mol. The van der Waals surface area contributed by atoms with Gasteiger partial charge in [-0.25, -0.2) is 4.79 Å². The molecule has 0 saturated carbocycles. The van der Waals surface area contributed by atoms with Crippen LogP contribution in [0.2, 0.25) is 0 Å². The van der Waals surface area contributed by atoms with Crippen molar-refractivity contribution in [2.24, 2.45) is 0 Å². The lowest BCUT2D eigenvalue weighted by Gasteiger charge is -2.26. The number of carbonyl (C=O) groups is 1. The summed E-state index contributed by atoms with van der Waals surface area (Å²) in [7, 11) is 0. The molecule has 0 N–H and O–H groups in total. The van der Waals surface area contributed by atoms with Gasteiger partial charge in [-0.2, -0.15) is 0 Å². The highest BCUT2D eigenvalue weighted by Gasteiger charge is 2.13. The Morgan fingerprint density at radius 3 is 1.59 bits per heavy atom. The highest BCUT2D eigenvalue weighted by atomic mass is 16.5. The zero-order valence-electron chi connectivity index (χ0n) is 21.8. The summed E-state index contributed by atoms with van der Waals surface area (Å²) in [4.78, 5) is 13.8. The van der Waals surface area contributed by atoms with Crippen LogP contribution in [-0.4, -0.2) is 5.97 Å². The Morgan fingerprint density at radius 2 is 1.10 bits per heavy atom. The van der Waals surface area contributed by atoms with Gasteiger partial charge < -0.3 is 9.64 Å². The number of aryl methyl sites for hydroxylation is 1. The standard InChI is InChI=1S/C36H29NO2/c1-3-36(38)39-34-24-22-33(23-25-34)37(31-18-14-27(2)15-19-31)32-20-16-28(17-21-32)26-35(29-10-6-4-7-11-29)30-12-8-5-9-13-30/h3-26H,1H2,2H3. The number of esters is 1. The van der Waals surface area contributed by atoms with Gasteiger partial charge in [0.15, 0.2) is 0 Å². The molecule has 0 aliphatic rings. The molecular weight excluding hydrogens is 478 g/mol. The third kappa shape index (κ3) is 6.23. The maximum absolute atomic E-state index is 11.6. The van der Waals surface area contributed by atoms with Gasteiger partial charge in [0.05, 0.1) is 0 Å². The molecule has 0 unspecified atom stereocenters. The molecule has 0 saturated heterocycles. The molecule has 5 aromatic carbocycles. The lowest BCUT2D eigenvalue weighted by atomic mass is 9.95. The van der Waals surface area contributed by atoms with Crippen LogP contribution in [0.4, 0.5) is 17.1 Å². The number of anilines is 3. The first-order chi connectivity index (χ1) is 19.1. The van der Waals surface area contributed by atoms with E-state index >= 15 is 0 Å². The smallest absolute Gasteiger partial charge is 0.335 e. The second kappa shape index (κ2) is 11.9. The van der Waals surface area contributed by atoms with Gasteiger partial charge in [-0.15, -0.1) is 0 Å². The average molecular weight is 508 g/mol. The van der Waals surface area contributed by atoms with E-state index in [2.05, 4.69) is 122 Å². The summed E-state index contributed by atoms with van der Waals surface area (Å²) >= 11 is 0. The van der Waals surface area contributed by atoms with Crippen molar-refractivity contribution in [3.63, 3.8) is 0 Å². The number of hydrogen-bond acceptors (Lipinski definition) is 3. The Balaban J connectivity index is 1.51. The Morgan fingerprint density at radius 1 is 0.641 bits per heavy atom. The van der Waals surface area contributed by atoms with Gasteiger partial charge >= 0.3 is 5.97 Å². The highest BCUT2D eigenvalue weighted by molar-refractivity contribution is 5.91. The Kier molecular flexibility index (Phi) is 7.80. The van der Waals surface area contributed by atoms with E-state index in [1.165, 1.54) is 22.3 Å². The molecule has 5 rings (SSSR count). The number of ether oxygens (including phenoxy) is 1. The molecule has 39 heavy (non-hydrogen) atoms. The number of rotatable bonds is 8. The molecule has 3 heteroatoms. The highest BCUT2D eigenvalue weighted by Crippen LogP contribution is 2.36. The summed E-state index contributed by atoms with van der Waals surface area (Å²) in [5, 5.41) is 0. The molecule has 0 fully saturated rings. The first-order valence-corrected chi connectivity index (χ1v) is 12.8. The lowest BCUT2D eigenvalue weighted by molar-refractivity contribution is -0.128. The van der Waals surface area contributed by atoms with Crippen LogP contribution in [0.25, 0.3) is 11.6 Å². The van der Waals surface area contributed by atoms with Crippen molar-refractivity contribution < 1.29 is 9.53 Å². The van der Waals surface area contributed by atoms with E-state index in [0.717, 1.165) is 28.7 Å². The van der Waals surface area contributed by atoms with E-state index in [1.807, 2.05) is 24.3 Å². The van der Waals surface area contributed by atoms with E-state index in [0.29, 0.717) is 5.75 Å². The zero-order chi connectivity index (χ0) is 27.0. The Bertz CT molecular complexity index is 1530. The van der Waals surface area contributed by atoms with Crippen molar-refractivity contribution >= 4 is 34.7 Å². The minimum Gasteiger partial charge on any atom is -0.423 e. The molecule has 0 aliphatic heterocycles. The van der Waals surface area contributed by atoms with E-state index in [1.54, 1.807) is 12.1 Å². The molecule has 0 bridgehead atoms. The monoisotopic (exact) mass is 507 g/mol. The van der Waals surface area contributed by atoms with Gasteiger partial charge in [0, 0.05) is 23.1 Å². The molecule has 5 aromatic rings. The maximum atomic E-state index is 11.6. The van der Waals surface area contributed by atoms with Crippen molar-refractivity contribution in [3.05, 3.63) is 168 Å². The molecule has 0 heterocycles. The van der Waals surface area contributed by atoms with Crippen LogP contribution in [-0.2, 0) is 4.79 Å².